The Kier molecular flexibility index (Phi) is 5.78. The molecule has 3 rings (SSSR count). The van der Waals surface area contributed by atoms with Crippen molar-refractivity contribution in [1.29, 1.82) is 0 Å². The number of rotatable bonds is 7. The Labute approximate surface area is 161 Å². The van der Waals surface area contributed by atoms with Gasteiger partial charge in [0, 0.05) is 5.56 Å². The van der Waals surface area contributed by atoms with Crippen molar-refractivity contribution in [3.05, 3.63) is 47.5 Å². The van der Waals surface area contributed by atoms with Gasteiger partial charge in [-0.1, -0.05) is 6.07 Å². The van der Waals surface area contributed by atoms with Crippen molar-refractivity contribution in [3.8, 4) is 17.2 Å². The highest BCUT2D eigenvalue weighted by atomic mass is 16.6. The molecule has 1 heterocycles. The molecule has 8 heteroatoms. The second-order valence-electron chi connectivity index (χ2n) is 6.07. The lowest BCUT2D eigenvalue weighted by molar-refractivity contribution is -0.144. The molecule has 0 aliphatic carbocycles. The van der Waals surface area contributed by atoms with E-state index >= 15 is 0 Å². The molecule has 0 aromatic heterocycles. The highest BCUT2D eigenvalue weighted by Gasteiger charge is 2.18. The lowest BCUT2D eigenvalue weighted by atomic mass is 10.1. The van der Waals surface area contributed by atoms with Crippen molar-refractivity contribution < 1.29 is 33.3 Å². The Morgan fingerprint density at radius 1 is 1.11 bits per heavy atom. The van der Waals surface area contributed by atoms with Crippen LogP contribution in [0.25, 0.3) is 0 Å². The molecule has 0 spiro atoms. The van der Waals surface area contributed by atoms with E-state index in [1.54, 1.807) is 24.3 Å². The van der Waals surface area contributed by atoms with Gasteiger partial charge in [0.2, 0.25) is 0 Å². The summed E-state index contributed by atoms with van der Waals surface area (Å²) in [5, 5.41) is 2.62. The molecular formula is C20H19NO7. The fourth-order valence-corrected chi connectivity index (χ4v) is 2.56. The van der Waals surface area contributed by atoms with Crippen LogP contribution in [-0.4, -0.2) is 44.6 Å². The Balaban J connectivity index is 1.53. The Morgan fingerprint density at radius 2 is 1.93 bits per heavy atom. The minimum absolute atomic E-state index is 0.0658. The summed E-state index contributed by atoms with van der Waals surface area (Å²) in [4.78, 5) is 35.5. The number of aryl methyl sites for hydroxylation is 1. The highest BCUT2D eigenvalue weighted by Crippen LogP contribution is 2.29. The van der Waals surface area contributed by atoms with Gasteiger partial charge in [-0.25, -0.2) is 4.79 Å². The van der Waals surface area contributed by atoms with Crippen molar-refractivity contribution in [1.82, 2.24) is 0 Å². The SMILES string of the molecule is COc1cc(C)ccc1OCC(=O)OCC(=O)c1ccc2c(c1)NC(=O)CO2. The molecule has 0 atom stereocenters. The summed E-state index contributed by atoms with van der Waals surface area (Å²) in [6.45, 7) is 1.04. The molecule has 1 aliphatic rings. The van der Waals surface area contributed by atoms with E-state index in [0.29, 0.717) is 28.5 Å². The van der Waals surface area contributed by atoms with Crippen molar-refractivity contribution in [2.75, 3.05) is 32.2 Å². The number of carbonyl (C=O) groups is 3. The summed E-state index contributed by atoms with van der Waals surface area (Å²) in [6.07, 6.45) is 0. The van der Waals surface area contributed by atoms with E-state index in [4.69, 9.17) is 18.9 Å². The van der Waals surface area contributed by atoms with Crippen molar-refractivity contribution in [2.45, 2.75) is 6.92 Å². The van der Waals surface area contributed by atoms with Gasteiger partial charge in [-0.3, -0.25) is 9.59 Å². The van der Waals surface area contributed by atoms with E-state index in [1.807, 2.05) is 13.0 Å². The van der Waals surface area contributed by atoms with Crippen LogP contribution in [0.1, 0.15) is 15.9 Å². The van der Waals surface area contributed by atoms with Crippen molar-refractivity contribution in [2.24, 2.45) is 0 Å². The molecule has 28 heavy (non-hydrogen) atoms. The number of ketones is 1. The van der Waals surface area contributed by atoms with Gasteiger partial charge in [-0.15, -0.1) is 0 Å². The van der Waals surface area contributed by atoms with E-state index in [2.05, 4.69) is 5.32 Å². The molecule has 2 aromatic rings. The minimum atomic E-state index is -0.689. The average molecular weight is 385 g/mol. The van der Waals surface area contributed by atoms with Crippen LogP contribution in [0.15, 0.2) is 36.4 Å². The van der Waals surface area contributed by atoms with E-state index in [0.717, 1.165) is 5.56 Å². The number of esters is 1. The van der Waals surface area contributed by atoms with Gasteiger partial charge in [-0.05, 0) is 42.8 Å². The maximum absolute atomic E-state index is 12.2. The average Bonchev–Trinajstić information content (AvgIpc) is 2.70. The van der Waals surface area contributed by atoms with Crippen molar-refractivity contribution in [3.63, 3.8) is 0 Å². The third-order valence-electron chi connectivity index (χ3n) is 3.96. The topological polar surface area (TPSA) is 100 Å². The van der Waals surface area contributed by atoms with Gasteiger partial charge in [0.1, 0.15) is 5.75 Å². The van der Waals surface area contributed by atoms with Crippen LogP contribution in [0.5, 0.6) is 17.2 Å². The molecule has 0 fully saturated rings. The van der Waals surface area contributed by atoms with Crippen LogP contribution >= 0.6 is 0 Å². The number of Topliss-reactive ketones (excluding diaryl/α,β-unsaturated/α-hetero) is 1. The van der Waals surface area contributed by atoms with E-state index in [-0.39, 0.29) is 19.1 Å². The first-order valence-electron chi connectivity index (χ1n) is 8.49. The Hall–Kier alpha value is -3.55. The van der Waals surface area contributed by atoms with Crippen LogP contribution < -0.4 is 19.5 Å². The smallest absolute Gasteiger partial charge is 0.344 e. The number of carbonyl (C=O) groups excluding carboxylic acids is 3. The van der Waals surface area contributed by atoms with Gasteiger partial charge >= 0.3 is 5.97 Å². The minimum Gasteiger partial charge on any atom is -0.493 e. The summed E-state index contributed by atoms with van der Waals surface area (Å²) in [5.41, 5.74) is 1.69. The summed E-state index contributed by atoms with van der Waals surface area (Å²) >= 11 is 0. The monoisotopic (exact) mass is 385 g/mol. The molecule has 0 bridgehead atoms. The number of ether oxygens (including phenoxy) is 4. The number of benzene rings is 2. The number of amides is 1. The molecule has 0 radical (unpaired) electrons. The molecule has 1 amide bonds. The lowest BCUT2D eigenvalue weighted by Gasteiger charge is -2.18. The third kappa shape index (κ3) is 4.59. The molecule has 1 aliphatic heterocycles. The van der Waals surface area contributed by atoms with Gasteiger partial charge < -0.3 is 24.3 Å². The molecule has 2 aromatic carbocycles. The Morgan fingerprint density at radius 3 is 2.71 bits per heavy atom. The maximum Gasteiger partial charge on any atom is 0.344 e. The van der Waals surface area contributed by atoms with Crippen LogP contribution in [0.2, 0.25) is 0 Å². The largest absolute Gasteiger partial charge is 0.493 e. The number of hydrogen-bond donors (Lipinski definition) is 1. The predicted molar refractivity (Wildman–Crippen MR) is 99.1 cm³/mol. The molecule has 1 N–H and O–H groups in total. The second-order valence-corrected chi connectivity index (χ2v) is 6.07. The van der Waals surface area contributed by atoms with Crippen LogP contribution in [-0.2, 0) is 14.3 Å². The van der Waals surface area contributed by atoms with E-state index in [1.165, 1.54) is 13.2 Å². The quantitative estimate of drug-likeness (QED) is 0.576. The van der Waals surface area contributed by atoms with Gasteiger partial charge in [0.15, 0.2) is 37.1 Å². The fourth-order valence-electron chi connectivity index (χ4n) is 2.56. The van der Waals surface area contributed by atoms with E-state index in [9.17, 15) is 14.4 Å². The molecule has 0 saturated carbocycles. The molecule has 0 unspecified atom stereocenters. The third-order valence-corrected chi connectivity index (χ3v) is 3.96. The Bertz CT molecular complexity index is 923. The number of anilines is 1. The molecule has 146 valence electrons. The van der Waals surface area contributed by atoms with E-state index < -0.39 is 18.4 Å². The number of nitrogens with one attached hydrogen (secondary N) is 1. The highest BCUT2D eigenvalue weighted by molar-refractivity contribution is 6.01. The van der Waals surface area contributed by atoms with Crippen LogP contribution in [0, 0.1) is 6.92 Å². The van der Waals surface area contributed by atoms with Crippen LogP contribution in [0.3, 0.4) is 0 Å². The zero-order chi connectivity index (χ0) is 20.1. The maximum atomic E-state index is 12.2. The number of hydrogen-bond acceptors (Lipinski definition) is 7. The zero-order valence-electron chi connectivity index (χ0n) is 15.4. The fraction of sp³-hybridized carbons (Fsp3) is 0.250. The molecule has 8 nitrogen and oxygen atoms in total. The molecular weight excluding hydrogens is 366 g/mol. The van der Waals surface area contributed by atoms with Gasteiger partial charge in [0.25, 0.3) is 5.91 Å². The summed E-state index contributed by atoms with van der Waals surface area (Å²) < 4.78 is 20.8. The first-order chi connectivity index (χ1) is 13.5. The normalized spacial score (nSPS) is 12.3. The predicted octanol–water partition coefficient (Wildman–Crippen LogP) is 2.14. The first kappa shape index (κ1) is 19.2. The second kappa shape index (κ2) is 8.43. The lowest BCUT2D eigenvalue weighted by Crippen LogP contribution is -2.25. The summed E-state index contributed by atoms with van der Waals surface area (Å²) in [5.74, 6) is -0.0146. The summed E-state index contributed by atoms with van der Waals surface area (Å²) in [6, 6.07) is 9.90. The van der Waals surface area contributed by atoms with Gasteiger partial charge in [0.05, 0.1) is 12.8 Å². The van der Waals surface area contributed by atoms with Gasteiger partial charge in [-0.2, -0.15) is 0 Å². The zero-order valence-corrected chi connectivity index (χ0v) is 15.4. The number of methoxy groups -OCH3 is 1. The standard InChI is InChI=1S/C20H19NO7/c1-12-3-5-17(18(7-12)25-2)27-11-20(24)28-9-15(22)13-4-6-16-14(8-13)21-19(23)10-26-16/h3-8H,9-11H2,1-2H3,(H,21,23). The molecule has 0 saturated heterocycles. The first-order valence-corrected chi connectivity index (χ1v) is 8.49. The van der Waals surface area contributed by atoms with Crippen LogP contribution in [0.4, 0.5) is 5.69 Å². The summed E-state index contributed by atoms with van der Waals surface area (Å²) in [7, 11) is 1.50. The van der Waals surface area contributed by atoms with Crippen molar-refractivity contribution >= 4 is 23.3 Å². The number of fused-ring (bicyclic) bond motifs is 1.